The Labute approximate surface area is 147 Å². The lowest BCUT2D eigenvalue weighted by molar-refractivity contribution is -0.120. The molecule has 2 N–H and O–H groups in total. The van der Waals surface area contributed by atoms with Crippen molar-refractivity contribution in [3.63, 3.8) is 0 Å². The highest BCUT2D eigenvalue weighted by molar-refractivity contribution is 6.30. The molecule has 5 heteroatoms. The first-order valence-corrected chi connectivity index (χ1v) is 8.03. The van der Waals surface area contributed by atoms with Crippen molar-refractivity contribution >= 4 is 23.7 Å². The van der Waals surface area contributed by atoms with Crippen LogP contribution in [0.15, 0.2) is 47.6 Å². The molecule has 0 heterocycles. The van der Waals surface area contributed by atoms with Crippen LogP contribution in [-0.4, -0.2) is 17.2 Å². The molecule has 2 aromatic rings. The fourth-order valence-electron chi connectivity index (χ4n) is 2.13. The number of phenolic OH excluding ortho intramolecular Hbond substituents is 1. The summed E-state index contributed by atoms with van der Waals surface area (Å²) in [6.07, 6.45) is 1.66. The topological polar surface area (TPSA) is 61.7 Å². The normalized spacial score (nSPS) is 11.7. The fourth-order valence-corrected chi connectivity index (χ4v) is 2.25. The van der Waals surface area contributed by atoms with Crippen molar-refractivity contribution in [3.05, 3.63) is 64.2 Å². The lowest BCUT2D eigenvalue weighted by atomic mass is 9.86. The van der Waals surface area contributed by atoms with Gasteiger partial charge >= 0.3 is 0 Å². The molecule has 2 rings (SSSR count). The number of hydrogen-bond acceptors (Lipinski definition) is 3. The minimum Gasteiger partial charge on any atom is -0.507 e. The van der Waals surface area contributed by atoms with Gasteiger partial charge in [-0.15, -0.1) is 0 Å². The Morgan fingerprint density at radius 3 is 2.50 bits per heavy atom. The summed E-state index contributed by atoms with van der Waals surface area (Å²) in [4.78, 5) is 11.9. The third-order valence-electron chi connectivity index (χ3n) is 3.56. The molecule has 0 unspecified atom stereocenters. The molecule has 0 bridgehead atoms. The van der Waals surface area contributed by atoms with Crippen molar-refractivity contribution in [2.75, 3.05) is 0 Å². The van der Waals surface area contributed by atoms with Gasteiger partial charge in [0.25, 0.3) is 0 Å². The first kappa shape index (κ1) is 18.0. The van der Waals surface area contributed by atoms with Crippen LogP contribution in [0.2, 0.25) is 5.02 Å². The summed E-state index contributed by atoms with van der Waals surface area (Å²) in [5.74, 6) is -0.112. The van der Waals surface area contributed by atoms with Crippen LogP contribution in [0.3, 0.4) is 0 Å². The summed E-state index contributed by atoms with van der Waals surface area (Å²) < 4.78 is 0. The van der Waals surface area contributed by atoms with Crippen molar-refractivity contribution < 1.29 is 9.90 Å². The molecule has 4 nitrogen and oxygen atoms in total. The number of rotatable bonds is 4. The molecule has 2 aromatic carbocycles. The van der Waals surface area contributed by atoms with Crippen LogP contribution >= 0.6 is 11.6 Å². The van der Waals surface area contributed by atoms with E-state index in [0.717, 1.165) is 11.1 Å². The maximum absolute atomic E-state index is 11.9. The molecular weight excluding hydrogens is 324 g/mol. The van der Waals surface area contributed by atoms with Gasteiger partial charge in [0, 0.05) is 10.6 Å². The Balaban J connectivity index is 2.00. The Morgan fingerprint density at radius 2 is 1.88 bits per heavy atom. The summed E-state index contributed by atoms with van der Waals surface area (Å²) in [7, 11) is 0. The quantitative estimate of drug-likeness (QED) is 0.649. The average molecular weight is 345 g/mol. The van der Waals surface area contributed by atoms with Crippen LogP contribution in [0.25, 0.3) is 0 Å². The predicted molar refractivity (Wildman–Crippen MR) is 97.7 cm³/mol. The number of hydrazone groups is 1. The Hall–Kier alpha value is -2.33. The molecule has 24 heavy (non-hydrogen) atoms. The van der Waals surface area contributed by atoms with Crippen molar-refractivity contribution in [1.29, 1.82) is 0 Å². The van der Waals surface area contributed by atoms with Gasteiger partial charge in [0.1, 0.15) is 5.75 Å². The second kappa shape index (κ2) is 7.49. The first-order chi connectivity index (χ1) is 11.3. The highest BCUT2D eigenvalue weighted by atomic mass is 35.5. The molecule has 0 atom stereocenters. The zero-order valence-corrected chi connectivity index (χ0v) is 14.8. The van der Waals surface area contributed by atoms with Crippen molar-refractivity contribution in [1.82, 2.24) is 5.43 Å². The highest BCUT2D eigenvalue weighted by Gasteiger charge is 2.14. The molecule has 0 saturated carbocycles. The third kappa shape index (κ3) is 5.10. The molecule has 0 saturated heterocycles. The largest absolute Gasteiger partial charge is 0.507 e. The molecule has 1 amide bonds. The molecule has 0 spiro atoms. The van der Waals surface area contributed by atoms with E-state index in [0.29, 0.717) is 10.6 Å². The average Bonchev–Trinajstić information content (AvgIpc) is 2.50. The van der Waals surface area contributed by atoms with Crippen LogP contribution in [0, 0.1) is 0 Å². The number of benzene rings is 2. The number of phenols is 1. The van der Waals surface area contributed by atoms with Crippen LogP contribution in [-0.2, 0) is 16.6 Å². The van der Waals surface area contributed by atoms with Crippen LogP contribution < -0.4 is 5.43 Å². The summed E-state index contributed by atoms with van der Waals surface area (Å²) >= 11 is 5.81. The van der Waals surface area contributed by atoms with Crippen LogP contribution in [0.5, 0.6) is 5.75 Å². The number of amides is 1. The van der Waals surface area contributed by atoms with Crippen LogP contribution in [0.1, 0.15) is 37.5 Å². The molecule has 0 aliphatic carbocycles. The highest BCUT2D eigenvalue weighted by Crippen LogP contribution is 2.26. The predicted octanol–water partition coefficient (Wildman–Crippen LogP) is 4.04. The lowest BCUT2D eigenvalue weighted by Gasteiger charge is -2.19. The molecular formula is C19H21ClN2O2. The minimum absolute atomic E-state index is 0.0336. The number of nitrogens with zero attached hydrogens (tertiary/aromatic N) is 1. The van der Waals surface area contributed by atoms with Gasteiger partial charge in [-0.25, -0.2) is 5.43 Å². The van der Waals surface area contributed by atoms with Crippen molar-refractivity contribution in [2.45, 2.75) is 32.6 Å². The van der Waals surface area contributed by atoms with E-state index in [1.165, 1.54) is 6.21 Å². The second-order valence-corrected chi connectivity index (χ2v) is 7.06. The monoisotopic (exact) mass is 344 g/mol. The molecule has 0 aromatic heterocycles. The van der Waals surface area contributed by atoms with Gasteiger partial charge in [-0.3, -0.25) is 4.79 Å². The van der Waals surface area contributed by atoms with E-state index in [-0.39, 0.29) is 23.5 Å². The molecule has 0 aliphatic rings. The van der Waals surface area contributed by atoms with E-state index in [1.54, 1.807) is 30.3 Å². The number of carbonyl (C=O) groups is 1. The van der Waals surface area contributed by atoms with Gasteiger partial charge in [0.2, 0.25) is 5.91 Å². The fraction of sp³-hybridized carbons (Fsp3) is 0.263. The number of nitrogens with one attached hydrogen (secondary N) is 1. The number of halogens is 1. The summed E-state index contributed by atoms with van der Waals surface area (Å²) in [5.41, 5.74) is 4.93. The number of hydrogen-bond donors (Lipinski definition) is 2. The lowest BCUT2D eigenvalue weighted by Crippen LogP contribution is -2.19. The van der Waals surface area contributed by atoms with Crippen molar-refractivity contribution in [2.24, 2.45) is 5.10 Å². The van der Waals surface area contributed by atoms with E-state index in [1.807, 2.05) is 12.1 Å². The SMILES string of the molecule is CC(C)(C)c1ccc(O)c(C=NNC(=O)Cc2ccc(Cl)cc2)c1. The molecule has 126 valence electrons. The minimum atomic E-state index is -0.236. The molecule has 0 radical (unpaired) electrons. The molecule has 0 aliphatic heterocycles. The smallest absolute Gasteiger partial charge is 0.244 e. The van der Waals surface area contributed by atoms with Gasteiger partial charge in [-0.2, -0.15) is 5.10 Å². The van der Waals surface area contributed by atoms with Crippen LogP contribution in [0.4, 0.5) is 0 Å². The number of carbonyl (C=O) groups excluding carboxylic acids is 1. The maximum atomic E-state index is 11.9. The van der Waals surface area contributed by atoms with E-state index in [4.69, 9.17) is 11.6 Å². The van der Waals surface area contributed by atoms with Crippen molar-refractivity contribution in [3.8, 4) is 5.75 Å². The van der Waals surface area contributed by atoms with Gasteiger partial charge < -0.3 is 5.11 Å². The maximum Gasteiger partial charge on any atom is 0.244 e. The summed E-state index contributed by atoms with van der Waals surface area (Å²) in [5, 5.41) is 14.5. The van der Waals surface area contributed by atoms with E-state index in [2.05, 4.69) is 31.3 Å². The standard InChI is InChI=1S/C19H21ClN2O2/c1-19(2,3)15-6-9-17(23)14(11-15)12-21-22-18(24)10-13-4-7-16(20)8-5-13/h4-9,11-12,23H,10H2,1-3H3,(H,22,24). The summed E-state index contributed by atoms with van der Waals surface area (Å²) in [6.45, 7) is 6.27. The Morgan fingerprint density at radius 1 is 1.21 bits per heavy atom. The van der Waals surface area contributed by atoms with E-state index >= 15 is 0 Å². The van der Waals surface area contributed by atoms with E-state index in [9.17, 15) is 9.90 Å². The van der Waals surface area contributed by atoms with Gasteiger partial charge in [-0.05, 0) is 40.8 Å². The summed E-state index contributed by atoms with van der Waals surface area (Å²) in [6, 6.07) is 12.5. The third-order valence-corrected chi connectivity index (χ3v) is 3.82. The second-order valence-electron chi connectivity index (χ2n) is 6.62. The van der Waals surface area contributed by atoms with Gasteiger partial charge in [0.05, 0.1) is 12.6 Å². The number of aromatic hydroxyl groups is 1. The Bertz CT molecular complexity index is 747. The zero-order valence-electron chi connectivity index (χ0n) is 14.0. The zero-order chi connectivity index (χ0) is 17.7. The first-order valence-electron chi connectivity index (χ1n) is 7.65. The van der Waals surface area contributed by atoms with Gasteiger partial charge in [0.15, 0.2) is 0 Å². The Kier molecular flexibility index (Phi) is 5.62. The van der Waals surface area contributed by atoms with E-state index < -0.39 is 0 Å². The van der Waals surface area contributed by atoms with Gasteiger partial charge in [-0.1, -0.05) is 50.6 Å². The molecule has 0 fully saturated rings.